The summed E-state index contributed by atoms with van der Waals surface area (Å²) < 4.78 is 2.22. The first-order valence-electron chi connectivity index (χ1n) is 8.37. The highest BCUT2D eigenvalue weighted by molar-refractivity contribution is 5.36. The van der Waals surface area contributed by atoms with Gasteiger partial charge < -0.3 is 17.0 Å². The maximum absolute atomic E-state index is 3.28. The SMILES string of the molecule is CCCCc1ccc(C#CCC[n+]2cccc(CC)c2)cc1.[Br-]. The second kappa shape index (κ2) is 11.0. The van der Waals surface area contributed by atoms with Crippen LogP contribution in [0.5, 0.6) is 0 Å². The number of aryl methyl sites for hydroxylation is 3. The van der Waals surface area contributed by atoms with Gasteiger partial charge in [0.15, 0.2) is 18.9 Å². The van der Waals surface area contributed by atoms with E-state index in [0.717, 1.165) is 24.9 Å². The van der Waals surface area contributed by atoms with Crippen molar-refractivity contribution in [3.05, 3.63) is 65.5 Å². The van der Waals surface area contributed by atoms with E-state index in [1.54, 1.807) is 0 Å². The van der Waals surface area contributed by atoms with Crippen molar-refractivity contribution in [1.82, 2.24) is 0 Å². The van der Waals surface area contributed by atoms with Crippen molar-refractivity contribution in [3.8, 4) is 11.8 Å². The van der Waals surface area contributed by atoms with Crippen LogP contribution in [0.25, 0.3) is 0 Å². The second-order valence-corrected chi connectivity index (χ2v) is 5.66. The van der Waals surface area contributed by atoms with Crippen LogP contribution in [-0.2, 0) is 19.4 Å². The Bertz CT molecular complexity index is 635. The first kappa shape index (κ1) is 19.5. The molecule has 0 bridgehead atoms. The molecule has 1 aromatic heterocycles. The van der Waals surface area contributed by atoms with E-state index in [9.17, 15) is 0 Å². The zero-order chi connectivity index (χ0) is 15.6. The van der Waals surface area contributed by atoms with Crippen molar-refractivity contribution >= 4 is 0 Å². The van der Waals surface area contributed by atoms with Crippen LogP contribution in [-0.4, -0.2) is 0 Å². The van der Waals surface area contributed by atoms with E-state index in [2.05, 4.69) is 79.0 Å². The van der Waals surface area contributed by atoms with Crippen LogP contribution < -0.4 is 21.5 Å². The van der Waals surface area contributed by atoms with Crippen molar-refractivity contribution in [2.75, 3.05) is 0 Å². The Kier molecular flexibility index (Phi) is 9.33. The molecule has 0 spiro atoms. The molecule has 122 valence electrons. The van der Waals surface area contributed by atoms with E-state index in [1.807, 2.05) is 0 Å². The van der Waals surface area contributed by atoms with Gasteiger partial charge in [-0.1, -0.05) is 44.2 Å². The number of halogens is 1. The number of pyridine rings is 1. The van der Waals surface area contributed by atoms with Crippen molar-refractivity contribution < 1.29 is 21.5 Å². The molecule has 0 aliphatic heterocycles. The Balaban J connectivity index is 0.00000264. The van der Waals surface area contributed by atoms with Gasteiger partial charge in [0.05, 0.1) is 6.42 Å². The smallest absolute Gasteiger partial charge is 0.172 e. The van der Waals surface area contributed by atoms with E-state index >= 15 is 0 Å². The molecule has 0 radical (unpaired) electrons. The molecule has 23 heavy (non-hydrogen) atoms. The number of aromatic nitrogens is 1. The summed E-state index contributed by atoms with van der Waals surface area (Å²) in [6.07, 6.45) is 9.98. The van der Waals surface area contributed by atoms with E-state index < -0.39 is 0 Å². The highest BCUT2D eigenvalue weighted by atomic mass is 79.9. The summed E-state index contributed by atoms with van der Waals surface area (Å²) in [5.41, 5.74) is 3.91. The topological polar surface area (TPSA) is 3.88 Å². The van der Waals surface area contributed by atoms with E-state index in [1.165, 1.54) is 30.4 Å². The van der Waals surface area contributed by atoms with Gasteiger partial charge in [-0.25, -0.2) is 4.57 Å². The van der Waals surface area contributed by atoms with Gasteiger partial charge in [0.25, 0.3) is 0 Å². The summed E-state index contributed by atoms with van der Waals surface area (Å²) >= 11 is 0. The lowest BCUT2D eigenvalue weighted by atomic mass is 10.1. The Morgan fingerprint density at radius 1 is 1.00 bits per heavy atom. The zero-order valence-electron chi connectivity index (χ0n) is 14.2. The summed E-state index contributed by atoms with van der Waals surface area (Å²) in [7, 11) is 0. The largest absolute Gasteiger partial charge is 1.00 e. The number of rotatable bonds is 6. The van der Waals surface area contributed by atoms with E-state index in [0.29, 0.717) is 0 Å². The van der Waals surface area contributed by atoms with Crippen molar-refractivity contribution in [3.63, 3.8) is 0 Å². The predicted octanol–water partition coefficient (Wildman–Crippen LogP) is 1.32. The predicted molar refractivity (Wildman–Crippen MR) is 92.6 cm³/mol. The van der Waals surface area contributed by atoms with Crippen LogP contribution in [0.4, 0.5) is 0 Å². The summed E-state index contributed by atoms with van der Waals surface area (Å²) in [4.78, 5) is 0. The van der Waals surface area contributed by atoms with Crippen LogP contribution >= 0.6 is 0 Å². The Morgan fingerprint density at radius 3 is 2.48 bits per heavy atom. The second-order valence-electron chi connectivity index (χ2n) is 5.66. The van der Waals surface area contributed by atoms with Gasteiger partial charge in [-0.3, -0.25) is 0 Å². The maximum Gasteiger partial charge on any atom is 0.172 e. The molecular weight excluding hydrogens is 346 g/mol. The zero-order valence-corrected chi connectivity index (χ0v) is 15.8. The minimum atomic E-state index is 0. The maximum atomic E-state index is 3.28. The number of unbranched alkanes of at least 4 members (excludes halogenated alkanes) is 1. The average Bonchev–Trinajstić information content (AvgIpc) is 2.58. The van der Waals surface area contributed by atoms with Gasteiger partial charge in [-0.15, -0.1) is 0 Å². The quantitative estimate of drug-likeness (QED) is 0.532. The van der Waals surface area contributed by atoms with Crippen molar-refractivity contribution in [2.45, 2.75) is 52.5 Å². The van der Waals surface area contributed by atoms with Crippen LogP contribution in [0.15, 0.2) is 48.8 Å². The van der Waals surface area contributed by atoms with Gasteiger partial charge in [0.2, 0.25) is 0 Å². The minimum absolute atomic E-state index is 0. The Morgan fingerprint density at radius 2 is 1.78 bits per heavy atom. The average molecular weight is 372 g/mol. The molecule has 0 saturated carbocycles. The molecule has 0 N–H and O–H groups in total. The van der Waals surface area contributed by atoms with Crippen LogP contribution in [0, 0.1) is 11.8 Å². The van der Waals surface area contributed by atoms with Crippen LogP contribution in [0.2, 0.25) is 0 Å². The van der Waals surface area contributed by atoms with Gasteiger partial charge in [-0.05, 0) is 43.0 Å². The number of hydrogen-bond acceptors (Lipinski definition) is 0. The monoisotopic (exact) mass is 371 g/mol. The van der Waals surface area contributed by atoms with E-state index in [4.69, 9.17) is 0 Å². The molecule has 0 amide bonds. The molecule has 0 saturated heterocycles. The fourth-order valence-electron chi connectivity index (χ4n) is 2.41. The molecule has 0 unspecified atom stereocenters. The normalized spacial score (nSPS) is 9.65. The molecule has 1 aromatic carbocycles. The third kappa shape index (κ3) is 7.01. The molecule has 1 heterocycles. The Labute approximate surface area is 151 Å². The van der Waals surface area contributed by atoms with E-state index in [-0.39, 0.29) is 17.0 Å². The van der Waals surface area contributed by atoms with Crippen LogP contribution in [0.1, 0.15) is 49.8 Å². The molecule has 0 aliphatic carbocycles. The molecular formula is C21H26BrN. The highest BCUT2D eigenvalue weighted by Crippen LogP contribution is 2.07. The third-order valence-electron chi connectivity index (χ3n) is 3.83. The minimum Gasteiger partial charge on any atom is -1.00 e. The fraction of sp³-hybridized carbons (Fsp3) is 0.381. The summed E-state index contributed by atoms with van der Waals surface area (Å²) in [6.45, 7) is 5.37. The van der Waals surface area contributed by atoms with Crippen molar-refractivity contribution in [1.29, 1.82) is 0 Å². The third-order valence-corrected chi connectivity index (χ3v) is 3.83. The highest BCUT2D eigenvalue weighted by Gasteiger charge is 1.99. The standard InChI is InChI=1S/C21H26N.BrH/c1-3-5-9-20-12-14-21(15-13-20)10-6-7-16-22-17-8-11-19(4-2)18-22;/h8,11-15,17-18H,3-5,7,9,16H2,1-2H3;1H/q+1;/p-1. The van der Waals surface area contributed by atoms with Gasteiger partial charge in [-0.2, -0.15) is 0 Å². The first-order chi connectivity index (χ1) is 10.8. The summed E-state index contributed by atoms with van der Waals surface area (Å²) in [6, 6.07) is 13.0. The van der Waals surface area contributed by atoms with Gasteiger partial charge in [0.1, 0.15) is 0 Å². The lowest BCUT2D eigenvalue weighted by Gasteiger charge is -1.99. The molecule has 2 rings (SSSR count). The molecule has 0 fully saturated rings. The Hall–Kier alpha value is -1.59. The van der Waals surface area contributed by atoms with Gasteiger partial charge in [0, 0.05) is 17.2 Å². The lowest BCUT2D eigenvalue weighted by molar-refractivity contribution is -0.696. The lowest BCUT2D eigenvalue weighted by Crippen LogP contribution is -3.00. The van der Waals surface area contributed by atoms with Crippen molar-refractivity contribution in [2.24, 2.45) is 0 Å². The molecule has 0 aliphatic rings. The number of nitrogens with zero attached hydrogens (tertiary/aromatic N) is 1. The number of benzene rings is 1. The fourth-order valence-corrected chi connectivity index (χ4v) is 2.41. The molecule has 2 aromatic rings. The molecule has 0 atom stereocenters. The first-order valence-corrected chi connectivity index (χ1v) is 8.37. The van der Waals surface area contributed by atoms with Crippen LogP contribution in [0.3, 0.4) is 0 Å². The number of hydrogen-bond donors (Lipinski definition) is 0. The molecule has 1 nitrogen and oxygen atoms in total. The summed E-state index contributed by atoms with van der Waals surface area (Å²) in [5, 5.41) is 0. The summed E-state index contributed by atoms with van der Waals surface area (Å²) in [5.74, 6) is 6.54. The molecule has 2 heteroatoms. The van der Waals surface area contributed by atoms with Gasteiger partial charge >= 0.3 is 0 Å².